The number of rotatable bonds is 10. The summed E-state index contributed by atoms with van der Waals surface area (Å²) in [5.41, 5.74) is 0.612. The van der Waals surface area contributed by atoms with Gasteiger partial charge >= 0.3 is 0 Å². The summed E-state index contributed by atoms with van der Waals surface area (Å²) in [6, 6.07) is 7.21. The van der Waals surface area contributed by atoms with Crippen LogP contribution in [0.1, 0.15) is 16.8 Å². The van der Waals surface area contributed by atoms with E-state index in [4.69, 9.17) is 4.74 Å². The second-order valence-electron chi connectivity index (χ2n) is 4.64. The summed E-state index contributed by atoms with van der Waals surface area (Å²) in [7, 11) is 1.62. The molecule has 1 aromatic rings. The van der Waals surface area contributed by atoms with Crippen molar-refractivity contribution in [3.8, 4) is 0 Å². The van der Waals surface area contributed by atoms with Crippen molar-refractivity contribution in [3.63, 3.8) is 0 Å². The lowest BCUT2D eigenvalue weighted by Gasteiger charge is -2.08. The number of hydrogen-bond donors (Lipinski definition) is 3. The number of halogens is 1. The van der Waals surface area contributed by atoms with Crippen LogP contribution in [0.3, 0.4) is 0 Å². The van der Waals surface area contributed by atoms with E-state index in [-0.39, 0.29) is 18.4 Å². The number of carbonyl (C=O) groups is 2. The molecule has 7 heteroatoms. The summed E-state index contributed by atoms with van der Waals surface area (Å²) >= 11 is 3.33. The maximum absolute atomic E-state index is 11.9. The molecule has 0 bridgehead atoms. The van der Waals surface area contributed by atoms with Crippen molar-refractivity contribution in [1.29, 1.82) is 0 Å². The molecular formula is C15H22BrN3O3. The average Bonchev–Trinajstić information content (AvgIpc) is 2.51. The van der Waals surface area contributed by atoms with Gasteiger partial charge in [0.1, 0.15) is 0 Å². The standard InChI is InChI=1S/C15H22BrN3O3/c1-22-9-8-17-11-14(20)18-6-3-7-19-15(21)12-4-2-5-13(16)10-12/h2,4-5,10,17H,3,6-9,11H2,1H3,(H,18,20)(H,19,21). The molecule has 0 saturated heterocycles. The summed E-state index contributed by atoms with van der Waals surface area (Å²) in [5.74, 6) is -0.178. The van der Waals surface area contributed by atoms with Crippen LogP contribution in [0.25, 0.3) is 0 Å². The predicted octanol–water partition coefficient (Wildman–Crippen LogP) is 0.921. The quantitative estimate of drug-likeness (QED) is 0.534. The van der Waals surface area contributed by atoms with E-state index in [2.05, 4.69) is 31.9 Å². The molecule has 1 aromatic carbocycles. The molecule has 0 heterocycles. The average molecular weight is 372 g/mol. The molecule has 6 nitrogen and oxygen atoms in total. The highest BCUT2D eigenvalue weighted by atomic mass is 79.9. The molecule has 0 spiro atoms. The molecule has 0 unspecified atom stereocenters. The Morgan fingerprint density at radius 3 is 2.68 bits per heavy atom. The lowest BCUT2D eigenvalue weighted by Crippen LogP contribution is -2.36. The van der Waals surface area contributed by atoms with Crippen molar-refractivity contribution in [2.24, 2.45) is 0 Å². The maximum atomic E-state index is 11.9. The molecule has 3 N–H and O–H groups in total. The number of methoxy groups -OCH3 is 1. The van der Waals surface area contributed by atoms with Gasteiger partial charge in [0.25, 0.3) is 5.91 Å². The van der Waals surface area contributed by atoms with Crippen LogP contribution in [0.15, 0.2) is 28.7 Å². The first-order valence-electron chi connectivity index (χ1n) is 7.13. The molecule has 0 aromatic heterocycles. The number of benzene rings is 1. The minimum atomic E-state index is -0.117. The van der Waals surface area contributed by atoms with Gasteiger partial charge < -0.3 is 20.7 Å². The summed E-state index contributed by atoms with van der Waals surface area (Å²) in [6.07, 6.45) is 0.684. The zero-order valence-corrected chi connectivity index (χ0v) is 14.2. The highest BCUT2D eigenvalue weighted by molar-refractivity contribution is 9.10. The number of hydrogen-bond acceptors (Lipinski definition) is 4. The van der Waals surface area contributed by atoms with Gasteiger partial charge in [-0.15, -0.1) is 0 Å². The summed E-state index contributed by atoms with van der Waals surface area (Å²) in [4.78, 5) is 23.3. The Morgan fingerprint density at radius 1 is 1.18 bits per heavy atom. The maximum Gasteiger partial charge on any atom is 0.251 e. The van der Waals surface area contributed by atoms with E-state index >= 15 is 0 Å². The van der Waals surface area contributed by atoms with E-state index < -0.39 is 0 Å². The first-order valence-corrected chi connectivity index (χ1v) is 7.93. The van der Waals surface area contributed by atoms with E-state index in [1.165, 1.54) is 0 Å². The first-order chi connectivity index (χ1) is 10.6. The van der Waals surface area contributed by atoms with E-state index in [9.17, 15) is 9.59 Å². The molecule has 0 saturated carbocycles. The Kier molecular flexibility index (Phi) is 9.45. The van der Waals surface area contributed by atoms with Gasteiger partial charge in [0.2, 0.25) is 5.91 Å². The van der Waals surface area contributed by atoms with Crippen molar-refractivity contribution in [3.05, 3.63) is 34.3 Å². The molecule has 0 atom stereocenters. The third kappa shape index (κ3) is 8.11. The van der Waals surface area contributed by atoms with Crippen molar-refractivity contribution in [2.75, 3.05) is 39.9 Å². The van der Waals surface area contributed by atoms with Crippen LogP contribution >= 0.6 is 15.9 Å². The highest BCUT2D eigenvalue weighted by Gasteiger charge is 2.05. The topological polar surface area (TPSA) is 79.5 Å². The van der Waals surface area contributed by atoms with Crippen molar-refractivity contribution >= 4 is 27.7 Å². The molecular weight excluding hydrogens is 350 g/mol. The van der Waals surface area contributed by atoms with Crippen LogP contribution < -0.4 is 16.0 Å². The Labute approximate surface area is 139 Å². The molecule has 0 radical (unpaired) electrons. The second kappa shape index (κ2) is 11.2. The molecule has 22 heavy (non-hydrogen) atoms. The van der Waals surface area contributed by atoms with Crippen LogP contribution in [0.5, 0.6) is 0 Å². The lowest BCUT2D eigenvalue weighted by atomic mass is 10.2. The number of ether oxygens (including phenoxy) is 1. The van der Waals surface area contributed by atoms with Crippen LogP contribution in [0.4, 0.5) is 0 Å². The van der Waals surface area contributed by atoms with Gasteiger partial charge in [0.15, 0.2) is 0 Å². The summed E-state index contributed by atoms with van der Waals surface area (Å²) in [5, 5.41) is 8.56. The third-order valence-electron chi connectivity index (χ3n) is 2.82. The molecule has 0 aliphatic carbocycles. The van der Waals surface area contributed by atoms with Crippen molar-refractivity contribution < 1.29 is 14.3 Å². The van der Waals surface area contributed by atoms with E-state index in [1.54, 1.807) is 19.2 Å². The van der Waals surface area contributed by atoms with Gasteiger partial charge in [-0.2, -0.15) is 0 Å². The van der Waals surface area contributed by atoms with Gasteiger partial charge in [-0.3, -0.25) is 9.59 Å². The molecule has 2 amide bonds. The molecule has 0 fully saturated rings. The second-order valence-corrected chi connectivity index (χ2v) is 5.56. The van der Waals surface area contributed by atoms with Crippen LogP contribution in [-0.4, -0.2) is 51.7 Å². The Bertz CT molecular complexity index is 483. The van der Waals surface area contributed by atoms with E-state index in [0.29, 0.717) is 38.2 Å². The zero-order valence-electron chi connectivity index (χ0n) is 12.7. The molecule has 1 rings (SSSR count). The number of amides is 2. The van der Waals surface area contributed by atoms with Crippen LogP contribution in [0, 0.1) is 0 Å². The fourth-order valence-electron chi connectivity index (χ4n) is 1.69. The van der Waals surface area contributed by atoms with Gasteiger partial charge in [0.05, 0.1) is 13.2 Å². The monoisotopic (exact) mass is 371 g/mol. The van der Waals surface area contributed by atoms with E-state index in [0.717, 1.165) is 4.47 Å². The van der Waals surface area contributed by atoms with Gasteiger partial charge in [0, 0.05) is 36.8 Å². The number of carbonyl (C=O) groups excluding carboxylic acids is 2. The SMILES string of the molecule is COCCNCC(=O)NCCCNC(=O)c1cccc(Br)c1. The van der Waals surface area contributed by atoms with Crippen molar-refractivity contribution in [1.82, 2.24) is 16.0 Å². The fraction of sp³-hybridized carbons (Fsp3) is 0.467. The normalized spacial score (nSPS) is 10.3. The number of nitrogens with one attached hydrogen (secondary N) is 3. The van der Waals surface area contributed by atoms with Gasteiger partial charge in [-0.1, -0.05) is 22.0 Å². The largest absolute Gasteiger partial charge is 0.383 e. The minimum absolute atomic E-state index is 0.0607. The van der Waals surface area contributed by atoms with Crippen LogP contribution in [0.2, 0.25) is 0 Å². The first kappa shape index (κ1) is 18.6. The van der Waals surface area contributed by atoms with Crippen LogP contribution in [-0.2, 0) is 9.53 Å². The molecule has 122 valence electrons. The fourth-order valence-corrected chi connectivity index (χ4v) is 2.09. The highest BCUT2D eigenvalue weighted by Crippen LogP contribution is 2.11. The smallest absolute Gasteiger partial charge is 0.251 e. The van der Waals surface area contributed by atoms with Gasteiger partial charge in [-0.25, -0.2) is 0 Å². The predicted molar refractivity (Wildman–Crippen MR) is 88.8 cm³/mol. The molecule has 0 aliphatic heterocycles. The Morgan fingerprint density at radius 2 is 1.95 bits per heavy atom. The van der Waals surface area contributed by atoms with Crippen molar-refractivity contribution in [2.45, 2.75) is 6.42 Å². The van der Waals surface area contributed by atoms with E-state index in [1.807, 2.05) is 12.1 Å². The minimum Gasteiger partial charge on any atom is -0.383 e. The van der Waals surface area contributed by atoms with Gasteiger partial charge in [-0.05, 0) is 24.6 Å². The third-order valence-corrected chi connectivity index (χ3v) is 3.31. The summed E-state index contributed by atoms with van der Waals surface area (Å²) in [6.45, 7) is 2.54. The zero-order chi connectivity index (χ0) is 16.2. The Hall–Kier alpha value is -1.44. The summed E-state index contributed by atoms with van der Waals surface area (Å²) < 4.78 is 5.73. The lowest BCUT2D eigenvalue weighted by molar-refractivity contribution is -0.120. The molecule has 0 aliphatic rings. The Balaban J connectivity index is 2.07.